The van der Waals surface area contributed by atoms with Gasteiger partial charge >= 0.3 is 6.18 Å². The molecule has 0 aliphatic rings. The number of nitrogens with zero attached hydrogens (tertiary/aromatic N) is 2. The molecule has 1 aromatic rings. The predicted octanol–water partition coefficient (Wildman–Crippen LogP) is 3.63. The van der Waals surface area contributed by atoms with Crippen molar-refractivity contribution in [3.8, 4) is 6.07 Å². The van der Waals surface area contributed by atoms with Crippen molar-refractivity contribution >= 4 is 12.0 Å². The number of nitriles is 1. The lowest BCUT2D eigenvalue weighted by Gasteiger charge is -2.30. The number of carbonyl (C=O) groups excluding carboxylic acids is 1. The summed E-state index contributed by atoms with van der Waals surface area (Å²) in [5.41, 5.74) is -1.31. The molecule has 0 spiro atoms. The third kappa shape index (κ3) is 4.78. The molecule has 0 aliphatic heterocycles. The second-order valence-electron chi connectivity index (χ2n) is 5.95. The van der Waals surface area contributed by atoms with Crippen molar-refractivity contribution in [3.63, 3.8) is 0 Å². The summed E-state index contributed by atoms with van der Waals surface area (Å²) in [5, 5.41) is 8.78. The minimum atomic E-state index is -4.60. The lowest BCUT2D eigenvalue weighted by atomic mass is 9.95. The van der Waals surface area contributed by atoms with Crippen LogP contribution in [0.5, 0.6) is 0 Å². The molecule has 0 atom stereocenters. The van der Waals surface area contributed by atoms with Gasteiger partial charge in [-0.3, -0.25) is 0 Å². The van der Waals surface area contributed by atoms with Gasteiger partial charge < -0.3 is 9.69 Å². The Morgan fingerprint density at radius 3 is 2.33 bits per heavy atom. The Hall–Kier alpha value is -2.03. The first-order valence-corrected chi connectivity index (χ1v) is 6.38. The molecule has 0 fully saturated rings. The summed E-state index contributed by atoms with van der Waals surface area (Å²) in [7, 11) is 0. The molecular weight excluding hydrogens is 281 g/mol. The Morgan fingerprint density at radius 2 is 1.90 bits per heavy atom. The second kappa shape index (κ2) is 6.17. The van der Waals surface area contributed by atoms with E-state index in [-0.39, 0.29) is 17.6 Å². The molecule has 0 amide bonds. The Balaban J connectivity index is 3.28. The first kappa shape index (κ1) is 17.0. The van der Waals surface area contributed by atoms with Crippen molar-refractivity contribution in [1.29, 1.82) is 5.26 Å². The molecule has 114 valence electrons. The highest BCUT2D eigenvalue weighted by atomic mass is 19.4. The molecule has 0 saturated carbocycles. The van der Waals surface area contributed by atoms with Gasteiger partial charge in [-0.25, -0.2) is 0 Å². The van der Waals surface area contributed by atoms with Crippen molar-refractivity contribution < 1.29 is 18.0 Å². The normalized spacial score (nSPS) is 11.9. The maximum atomic E-state index is 13.0. The van der Waals surface area contributed by atoms with Crippen LogP contribution >= 0.6 is 0 Å². The highest BCUT2D eigenvalue weighted by Crippen LogP contribution is 2.34. The van der Waals surface area contributed by atoms with E-state index >= 15 is 0 Å². The molecule has 3 nitrogen and oxygen atoms in total. The fraction of sp³-hybridized carbons (Fsp3) is 0.467. The molecular formula is C15H17F3N2O. The largest absolute Gasteiger partial charge is 0.417 e. The van der Waals surface area contributed by atoms with E-state index in [4.69, 9.17) is 5.26 Å². The van der Waals surface area contributed by atoms with Gasteiger partial charge in [0.05, 0.1) is 23.7 Å². The number of carbonyl (C=O) groups is 1. The molecule has 0 aliphatic carbocycles. The van der Waals surface area contributed by atoms with Crippen molar-refractivity contribution in [1.82, 2.24) is 0 Å². The Bertz CT molecular complexity index is 554. The fourth-order valence-electron chi connectivity index (χ4n) is 1.98. The molecule has 21 heavy (non-hydrogen) atoms. The minimum Gasteiger partial charge on any atom is -0.364 e. The van der Waals surface area contributed by atoms with Crippen LogP contribution in [0.3, 0.4) is 0 Å². The molecule has 6 heteroatoms. The third-order valence-electron chi connectivity index (χ3n) is 2.75. The molecule has 0 unspecified atom stereocenters. The van der Waals surface area contributed by atoms with Crippen molar-refractivity contribution in [2.24, 2.45) is 5.41 Å². The van der Waals surface area contributed by atoms with Crippen molar-refractivity contribution in [2.45, 2.75) is 26.9 Å². The van der Waals surface area contributed by atoms with Gasteiger partial charge in [-0.15, -0.1) is 0 Å². The molecule has 0 heterocycles. The number of anilines is 1. The van der Waals surface area contributed by atoms with Gasteiger partial charge in [0.15, 0.2) is 0 Å². The lowest BCUT2D eigenvalue weighted by Crippen LogP contribution is -2.34. The topological polar surface area (TPSA) is 44.1 Å². The second-order valence-corrected chi connectivity index (χ2v) is 5.95. The van der Waals surface area contributed by atoms with Crippen LogP contribution in [0.2, 0.25) is 0 Å². The molecule has 0 saturated heterocycles. The highest BCUT2D eigenvalue weighted by molar-refractivity contribution is 5.63. The van der Waals surface area contributed by atoms with Crippen LogP contribution in [0.4, 0.5) is 18.9 Å². The first-order valence-electron chi connectivity index (χ1n) is 6.38. The fourth-order valence-corrected chi connectivity index (χ4v) is 1.98. The summed E-state index contributed by atoms with van der Waals surface area (Å²) >= 11 is 0. The van der Waals surface area contributed by atoms with Gasteiger partial charge in [0.2, 0.25) is 0 Å². The number of hydrogen-bond donors (Lipinski definition) is 0. The van der Waals surface area contributed by atoms with Crippen LogP contribution in [0.25, 0.3) is 0 Å². The monoisotopic (exact) mass is 298 g/mol. The number of rotatable bonds is 4. The SMILES string of the molecule is CC(C)(C)CN(CC=O)c1ccc(C#N)c(C(F)(F)F)c1. The van der Waals surface area contributed by atoms with Crippen LogP contribution < -0.4 is 4.90 Å². The van der Waals surface area contributed by atoms with Gasteiger partial charge in [-0.1, -0.05) is 20.8 Å². The molecule has 1 rings (SSSR count). The van der Waals surface area contributed by atoms with Crippen LogP contribution in [0.15, 0.2) is 18.2 Å². The van der Waals surface area contributed by atoms with Crippen molar-refractivity contribution in [3.05, 3.63) is 29.3 Å². The maximum Gasteiger partial charge on any atom is 0.417 e. The van der Waals surface area contributed by atoms with E-state index < -0.39 is 17.3 Å². The number of halogens is 3. The average Bonchev–Trinajstić information content (AvgIpc) is 2.35. The Morgan fingerprint density at radius 1 is 1.29 bits per heavy atom. The zero-order chi connectivity index (χ0) is 16.3. The van der Waals surface area contributed by atoms with Gasteiger partial charge in [-0.2, -0.15) is 18.4 Å². The van der Waals surface area contributed by atoms with Crippen LogP contribution in [0, 0.1) is 16.7 Å². The van der Waals surface area contributed by atoms with E-state index in [2.05, 4.69) is 0 Å². The number of alkyl halides is 3. The van der Waals surface area contributed by atoms with Gasteiger partial charge in [0.25, 0.3) is 0 Å². The zero-order valence-corrected chi connectivity index (χ0v) is 12.2. The number of hydrogen-bond acceptors (Lipinski definition) is 3. The summed E-state index contributed by atoms with van der Waals surface area (Å²) < 4.78 is 38.9. The van der Waals surface area contributed by atoms with Crippen LogP contribution in [0.1, 0.15) is 31.9 Å². The molecule has 0 bridgehead atoms. The molecule has 0 radical (unpaired) electrons. The van der Waals surface area contributed by atoms with Gasteiger partial charge in [0.1, 0.15) is 6.29 Å². The zero-order valence-electron chi connectivity index (χ0n) is 12.2. The lowest BCUT2D eigenvalue weighted by molar-refractivity contribution is -0.137. The van der Waals surface area contributed by atoms with Crippen molar-refractivity contribution in [2.75, 3.05) is 18.0 Å². The molecule has 1 aromatic carbocycles. The van der Waals surface area contributed by atoms with Gasteiger partial charge in [-0.05, 0) is 23.6 Å². The highest BCUT2D eigenvalue weighted by Gasteiger charge is 2.34. The van der Waals surface area contributed by atoms with Gasteiger partial charge in [0, 0.05) is 12.2 Å². The summed E-state index contributed by atoms with van der Waals surface area (Å²) in [5.74, 6) is 0. The van der Waals surface area contributed by atoms with E-state index in [1.54, 1.807) is 11.0 Å². The Kier molecular flexibility index (Phi) is 5.00. The minimum absolute atomic E-state index is 0.000464. The van der Waals surface area contributed by atoms with E-state index in [0.717, 1.165) is 12.1 Å². The summed E-state index contributed by atoms with van der Waals surface area (Å²) in [6.07, 6.45) is -3.95. The van der Waals surface area contributed by atoms with E-state index in [0.29, 0.717) is 12.8 Å². The quantitative estimate of drug-likeness (QED) is 0.797. The molecule has 0 N–H and O–H groups in total. The molecule has 0 aromatic heterocycles. The third-order valence-corrected chi connectivity index (χ3v) is 2.75. The Labute approximate surface area is 122 Å². The summed E-state index contributed by atoms with van der Waals surface area (Å²) in [6, 6.07) is 5.04. The predicted molar refractivity (Wildman–Crippen MR) is 73.9 cm³/mol. The standard InChI is InChI=1S/C15H17F3N2O/c1-14(2,3)10-20(6-7-21)12-5-4-11(9-19)13(8-12)15(16,17)18/h4-5,7-8H,6,10H2,1-3H3. The van der Waals surface area contributed by atoms with Crippen LogP contribution in [-0.2, 0) is 11.0 Å². The van der Waals surface area contributed by atoms with Crippen LogP contribution in [-0.4, -0.2) is 19.4 Å². The summed E-state index contributed by atoms with van der Waals surface area (Å²) in [4.78, 5) is 12.3. The number of benzene rings is 1. The number of aldehydes is 1. The average molecular weight is 298 g/mol. The van der Waals surface area contributed by atoms with E-state index in [9.17, 15) is 18.0 Å². The summed E-state index contributed by atoms with van der Waals surface area (Å²) in [6.45, 7) is 6.22. The van der Waals surface area contributed by atoms with E-state index in [1.165, 1.54) is 6.07 Å². The first-order chi connectivity index (χ1) is 9.58. The van der Waals surface area contributed by atoms with E-state index in [1.807, 2.05) is 20.8 Å². The smallest absolute Gasteiger partial charge is 0.364 e. The maximum absolute atomic E-state index is 13.0.